The van der Waals surface area contributed by atoms with Crippen molar-refractivity contribution in [2.24, 2.45) is 0 Å². The highest BCUT2D eigenvalue weighted by Crippen LogP contribution is 2.47. The summed E-state index contributed by atoms with van der Waals surface area (Å²) in [5, 5.41) is 0. The topological polar surface area (TPSA) is 100.0 Å². The van der Waals surface area contributed by atoms with Crippen molar-refractivity contribution >= 4 is 29.0 Å². The zero-order chi connectivity index (χ0) is 35.5. The van der Waals surface area contributed by atoms with Crippen LogP contribution in [0.15, 0.2) is 121 Å². The minimum absolute atomic E-state index is 0.0292. The van der Waals surface area contributed by atoms with E-state index in [-0.39, 0.29) is 47.7 Å². The number of aromatic nitrogens is 2. The number of fused-ring (bicyclic) bond motifs is 2. The molecule has 5 aromatic rings. The molecule has 0 fully saturated rings. The van der Waals surface area contributed by atoms with Gasteiger partial charge in [0.25, 0.3) is 11.8 Å². The summed E-state index contributed by atoms with van der Waals surface area (Å²) in [6.45, 7) is 3.41. The minimum atomic E-state index is -1.53. The highest BCUT2D eigenvalue weighted by Gasteiger charge is 2.45. The largest absolute Gasteiger partial charge is 0.513 e. The molecule has 0 radical (unpaired) electrons. The number of allylic oxidation sites excluding steroid dienone is 2. The van der Waals surface area contributed by atoms with E-state index in [0.29, 0.717) is 24.1 Å². The summed E-state index contributed by atoms with van der Waals surface area (Å²) in [6, 6.07) is 28.9. The molecule has 7 rings (SSSR count). The van der Waals surface area contributed by atoms with Crippen LogP contribution in [0.4, 0.5) is 9.18 Å². The number of benzene rings is 4. The summed E-state index contributed by atoms with van der Waals surface area (Å²) in [4.78, 5) is 47.8. The molecule has 0 saturated heterocycles. The van der Waals surface area contributed by atoms with E-state index < -0.39 is 29.7 Å². The van der Waals surface area contributed by atoms with E-state index in [9.17, 15) is 18.8 Å². The van der Waals surface area contributed by atoms with E-state index in [1.807, 2.05) is 91.0 Å². The number of halogens is 1. The first kappa shape index (κ1) is 33.5. The molecule has 1 unspecified atom stereocenters. The molecule has 1 atom stereocenters. The number of imide groups is 1. The van der Waals surface area contributed by atoms with Crippen LogP contribution in [0.25, 0.3) is 11.0 Å². The molecule has 2 amide bonds. The van der Waals surface area contributed by atoms with Gasteiger partial charge in [-0.3, -0.25) is 14.5 Å². The lowest BCUT2D eigenvalue weighted by molar-refractivity contribution is 0.0666. The molecular weight excluding hydrogens is 649 g/mol. The van der Waals surface area contributed by atoms with Gasteiger partial charge in [-0.25, -0.2) is 14.2 Å². The van der Waals surface area contributed by atoms with E-state index in [0.717, 1.165) is 21.6 Å². The van der Waals surface area contributed by atoms with Crippen LogP contribution in [0.5, 0.6) is 11.5 Å². The van der Waals surface area contributed by atoms with Crippen LogP contribution in [0.1, 0.15) is 63.8 Å². The van der Waals surface area contributed by atoms with E-state index in [4.69, 9.17) is 19.2 Å². The lowest BCUT2D eigenvalue weighted by Crippen LogP contribution is -2.32. The number of imidazole rings is 1. The van der Waals surface area contributed by atoms with Gasteiger partial charge in [0.1, 0.15) is 33.9 Å². The third-order valence-electron chi connectivity index (χ3n) is 9.01. The molecule has 1 aliphatic heterocycles. The second-order valence-electron chi connectivity index (χ2n) is 12.7. The number of alkyl halides is 1. The second kappa shape index (κ2) is 14.1. The average Bonchev–Trinajstić information content (AvgIpc) is 3.67. The summed E-state index contributed by atoms with van der Waals surface area (Å²) in [5.41, 5.74) is 2.08. The zero-order valence-electron chi connectivity index (χ0n) is 28.3. The first-order valence-electron chi connectivity index (χ1n) is 16.9. The predicted octanol–water partition coefficient (Wildman–Crippen LogP) is 8.19. The molecule has 2 heterocycles. The van der Waals surface area contributed by atoms with Gasteiger partial charge >= 0.3 is 6.16 Å². The van der Waals surface area contributed by atoms with Crippen molar-refractivity contribution in [2.45, 2.75) is 45.0 Å². The molecule has 10 heteroatoms. The highest BCUT2D eigenvalue weighted by molar-refractivity contribution is 6.27. The van der Waals surface area contributed by atoms with Crippen LogP contribution < -0.4 is 9.47 Å². The summed E-state index contributed by atoms with van der Waals surface area (Å²) < 4.78 is 34.2. The summed E-state index contributed by atoms with van der Waals surface area (Å²) in [5.74, 6) is -1.40. The van der Waals surface area contributed by atoms with Crippen LogP contribution in [0, 0.1) is 0 Å². The summed E-state index contributed by atoms with van der Waals surface area (Å²) >= 11 is 0. The monoisotopic (exact) mass is 685 g/mol. The zero-order valence-corrected chi connectivity index (χ0v) is 28.3. The Hall–Kier alpha value is -6.03. The van der Waals surface area contributed by atoms with Crippen molar-refractivity contribution < 1.29 is 33.0 Å². The quantitative estimate of drug-likeness (QED) is 0.0785. The molecule has 0 spiro atoms. The molecule has 0 N–H and O–H groups in total. The Bertz CT molecular complexity index is 2120. The van der Waals surface area contributed by atoms with Gasteiger partial charge in [0.2, 0.25) is 0 Å². The Morgan fingerprint density at radius 2 is 1.51 bits per heavy atom. The Morgan fingerprint density at radius 3 is 2.10 bits per heavy atom. The number of carbonyl (C=O) groups excluding carboxylic acids is 3. The Morgan fingerprint density at radius 1 is 0.902 bits per heavy atom. The van der Waals surface area contributed by atoms with E-state index in [1.54, 1.807) is 30.0 Å². The first-order chi connectivity index (χ1) is 24.7. The SMILES string of the molecule is CCOC(=O)Oc1c2c(c(OC(c3ccccc3)c3ccccc3)c3ncn(CCc4ccccc4)c13)C(=O)N(CC1=CCC(C)(F)C=C1)C2=O. The van der Waals surface area contributed by atoms with Crippen LogP contribution >= 0.6 is 0 Å². The molecule has 0 bridgehead atoms. The number of nitrogens with zero attached hydrogens (tertiary/aromatic N) is 3. The first-order valence-corrected chi connectivity index (χ1v) is 16.9. The van der Waals surface area contributed by atoms with Crippen molar-refractivity contribution in [3.05, 3.63) is 149 Å². The minimum Gasteiger partial charge on any atom is -0.478 e. The van der Waals surface area contributed by atoms with E-state index >= 15 is 0 Å². The molecule has 4 aromatic carbocycles. The third kappa shape index (κ3) is 6.77. The van der Waals surface area contributed by atoms with Gasteiger partial charge < -0.3 is 18.8 Å². The molecule has 9 nitrogen and oxygen atoms in total. The van der Waals surface area contributed by atoms with Gasteiger partial charge in [-0.1, -0.05) is 103 Å². The van der Waals surface area contributed by atoms with Crippen LogP contribution in [-0.4, -0.2) is 51.2 Å². The van der Waals surface area contributed by atoms with Gasteiger partial charge in [-0.15, -0.1) is 0 Å². The molecule has 0 saturated carbocycles. The van der Waals surface area contributed by atoms with Crippen molar-refractivity contribution in [1.82, 2.24) is 14.5 Å². The number of amides is 2. The smallest absolute Gasteiger partial charge is 0.478 e. The highest BCUT2D eigenvalue weighted by atomic mass is 19.1. The van der Waals surface area contributed by atoms with Crippen LogP contribution in [-0.2, 0) is 17.7 Å². The molecular formula is C41H36FN3O6. The molecule has 1 aliphatic carbocycles. The van der Waals surface area contributed by atoms with Gasteiger partial charge in [0.05, 0.1) is 19.5 Å². The maximum Gasteiger partial charge on any atom is 0.513 e. The lowest BCUT2D eigenvalue weighted by Gasteiger charge is -2.23. The Labute approximate surface area is 294 Å². The summed E-state index contributed by atoms with van der Waals surface area (Å²) in [7, 11) is 0. The van der Waals surface area contributed by atoms with Crippen molar-refractivity contribution in [3.63, 3.8) is 0 Å². The van der Waals surface area contributed by atoms with Crippen molar-refractivity contribution in [3.8, 4) is 11.5 Å². The van der Waals surface area contributed by atoms with Crippen LogP contribution in [0.3, 0.4) is 0 Å². The fraction of sp³-hybridized carbons (Fsp3) is 0.220. The normalized spacial score (nSPS) is 16.8. The lowest BCUT2D eigenvalue weighted by atomic mass is 9.95. The van der Waals surface area contributed by atoms with Crippen LogP contribution in [0.2, 0.25) is 0 Å². The summed E-state index contributed by atoms with van der Waals surface area (Å²) in [6.07, 6.45) is 5.23. The van der Waals surface area contributed by atoms with Crippen molar-refractivity contribution in [2.75, 3.05) is 13.2 Å². The van der Waals surface area contributed by atoms with E-state index in [1.165, 1.54) is 13.0 Å². The number of rotatable bonds is 11. The van der Waals surface area contributed by atoms with Crippen molar-refractivity contribution in [1.29, 1.82) is 0 Å². The second-order valence-corrected chi connectivity index (χ2v) is 12.7. The van der Waals surface area contributed by atoms with Gasteiger partial charge in [0.15, 0.2) is 11.5 Å². The molecule has 1 aromatic heterocycles. The third-order valence-corrected chi connectivity index (χ3v) is 9.01. The number of hydrogen-bond donors (Lipinski definition) is 0. The number of carbonyl (C=O) groups is 3. The number of hydrogen-bond acceptors (Lipinski definition) is 7. The standard InChI is InChI=1S/C41H36FN3O6/c1-3-49-40(48)51-37-32-31(38(46)45(39(32)47)25-28-19-22-41(2,42)23-20-28)36(33-34(37)44(26-43-33)24-21-27-13-7-4-8-14-27)50-35(29-15-9-5-10-16-29)30-17-11-6-12-18-30/h4-20,22,26,35H,3,21,23-25H2,1-2H3. The maximum atomic E-state index is 14.6. The number of aryl methyl sites for hydroxylation is 2. The average molecular weight is 686 g/mol. The Balaban J connectivity index is 1.42. The van der Waals surface area contributed by atoms with Gasteiger partial charge in [-0.2, -0.15) is 0 Å². The van der Waals surface area contributed by atoms with Gasteiger partial charge in [0, 0.05) is 13.0 Å². The maximum absolute atomic E-state index is 14.6. The molecule has 2 aliphatic rings. The molecule has 51 heavy (non-hydrogen) atoms. The fourth-order valence-corrected chi connectivity index (χ4v) is 6.42. The fourth-order valence-electron chi connectivity index (χ4n) is 6.42. The molecule has 258 valence electrons. The Kier molecular flexibility index (Phi) is 9.23. The number of ether oxygens (including phenoxy) is 3. The predicted molar refractivity (Wildman–Crippen MR) is 190 cm³/mol. The van der Waals surface area contributed by atoms with Gasteiger partial charge in [-0.05, 0) is 48.6 Å². The van der Waals surface area contributed by atoms with E-state index in [2.05, 4.69) is 0 Å².